The average molecular weight is 245 g/mol. The molecule has 0 amide bonds. The van der Waals surface area contributed by atoms with Gasteiger partial charge in [0.2, 0.25) is 0 Å². The zero-order chi connectivity index (χ0) is 11.9. The summed E-state index contributed by atoms with van der Waals surface area (Å²) >= 11 is 1.67. The Balaban J connectivity index is 1.79. The lowest BCUT2D eigenvalue weighted by atomic mass is 10.1. The van der Waals surface area contributed by atoms with Crippen molar-refractivity contribution in [1.29, 1.82) is 0 Å². The van der Waals surface area contributed by atoms with Crippen LogP contribution in [0.4, 0.5) is 0 Å². The van der Waals surface area contributed by atoms with E-state index in [0.717, 1.165) is 22.8 Å². The molecule has 0 fully saturated rings. The fourth-order valence-electron chi connectivity index (χ4n) is 1.55. The molecule has 3 heteroatoms. The van der Waals surface area contributed by atoms with Crippen molar-refractivity contribution in [2.24, 2.45) is 0 Å². The molecular formula is C14H15NOS. The van der Waals surface area contributed by atoms with Gasteiger partial charge >= 0.3 is 0 Å². The second-order valence-electron chi connectivity index (χ2n) is 3.73. The molecule has 1 atom stereocenters. The summed E-state index contributed by atoms with van der Waals surface area (Å²) in [7, 11) is 0. The largest absolute Gasteiger partial charge is 0.388 e. The van der Waals surface area contributed by atoms with E-state index in [1.165, 1.54) is 0 Å². The van der Waals surface area contributed by atoms with Gasteiger partial charge < -0.3 is 5.11 Å². The number of rotatable bonds is 5. The van der Waals surface area contributed by atoms with Gasteiger partial charge in [-0.3, -0.25) is 0 Å². The summed E-state index contributed by atoms with van der Waals surface area (Å²) in [6.45, 7) is 0. The van der Waals surface area contributed by atoms with Crippen LogP contribution >= 0.6 is 11.8 Å². The van der Waals surface area contributed by atoms with Gasteiger partial charge in [-0.05, 0) is 24.1 Å². The van der Waals surface area contributed by atoms with Crippen LogP contribution in [0.2, 0.25) is 0 Å². The lowest BCUT2D eigenvalue weighted by molar-refractivity contribution is 0.175. The van der Waals surface area contributed by atoms with E-state index in [-0.39, 0.29) is 6.10 Å². The number of benzene rings is 1. The Bertz CT molecular complexity index is 432. The maximum atomic E-state index is 9.96. The quantitative estimate of drug-likeness (QED) is 0.820. The Hall–Kier alpha value is -1.32. The summed E-state index contributed by atoms with van der Waals surface area (Å²) < 4.78 is 0. The van der Waals surface area contributed by atoms with Crippen LogP contribution in [0.1, 0.15) is 18.1 Å². The smallest absolute Gasteiger partial charge is 0.0959 e. The predicted octanol–water partition coefficient (Wildman–Crippen LogP) is 3.30. The number of hydrogen-bond acceptors (Lipinski definition) is 3. The second-order valence-corrected chi connectivity index (χ2v) is 4.85. The van der Waals surface area contributed by atoms with Gasteiger partial charge in [0, 0.05) is 11.9 Å². The Kier molecular flexibility index (Phi) is 4.59. The SMILES string of the molecule is OC(CCSc1ccccn1)c1ccccc1. The highest BCUT2D eigenvalue weighted by atomic mass is 32.2. The number of aliphatic hydroxyl groups is 1. The average Bonchev–Trinajstić information content (AvgIpc) is 2.41. The van der Waals surface area contributed by atoms with Crippen molar-refractivity contribution in [3.63, 3.8) is 0 Å². The Morgan fingerprint density at radius 2 is 1.82 bits per heavy atom. The van der Waals surface area contributed by atoms with Gasteiger partial charge in [-0.1, -0.05) is 36.4 Å². The Labute approximate surface area is 106 Å². The number of hydrogen-bond donors (Lipinski definition) is 1. The van der Waals surface area contributed by atoms with E-state index >= 15 is 0 Å². The van der Waals surface area contributed by atoms with Crippen molar-refractivity contribution in [2.75, 3.05) is 5.75 Å². The lowest BCUT2D eigenvalue weighted by Gasteiger charge is -2.09. The molecular weight excluding hydrogens is 230 g/mol. The molecule has 1 aromatic carbocycles. The highest BCUT2D eigenvalue weighted by Crippen LogP contribution is 2.21. The standard InChI is InChI=1S/C14H15NOS/c16-13(12-6-2-1-3-7-12)9-11-17-14-8-4-5-10-15-14/h1-8,10,13,16H,9,11H2. The minimum Gasteiger partial charge on any atom is -0.388 e. The molecule has 88 valence electrons. The first-order valence-electron chi connectivity index (χ1n) is 5.63. The van der Waals surface area contributed by atoms with Crippen molar-refractivity contribution in [1.82, 2.24) is 4.98 Å². The van der Waals surface area contributed by atoms with Crippen LogP contribution in [0, 0.1) is 0 Å². The zero-order valence-corrected chi connectivity index (χ0v) is 10.3. The second kappa shape index (κ2) is 6.42. The predicted molar refractivity (Wildman–Crippen MR) is 71.0 cm³/mol. The van der Waals surface area contributed by atoms with Crippen molar-refractivity contribution in [3.05, 3.63) is 60.3 Å². The first-order valence-corrected chi connectivity index (χ1v) is 6.61. The minimum atomic E-state index is -0.382. The molecule has 0 saturated carbocycles. The van der Waals surface area contributed by atoms with Gasteiger partial charge in [-0.15, -0.1) is 11.8 Å². The molecule has 1 unspecified atom stereocenters. The van der Waals surface area contributed by atoms with E-state index in [1.54, 1.807) is 18.0 Å². The topological polar surface area (TPSA) is 33.1 Å². The van der Waals surface area contributed by atoms with Crippen LogP contribution in [0.5, 0.6) is 0 Å². The van der Waals surface area contributed by atoms with E-state index in [0.29, 0.717) is 0 Å². The van der Waals surface area contributed by atoms with E-state index in [2.05, 4.69) is 4.98 Å². The normalized spacial score (nSPS) is 12.3. The molecule has 2 rings (SSSR count). The monoisotopic (exact) mass is 245 g/mol. The third-order valence-electron chi connectivity index (χ3n) is 2.46. The number of nitrogens with zero attached hydrogens (tertiary/aromatic N) is 1. The number of thioether (sulfide) groups is 1. The maximum absolute atomic E-state index is 9.96. The van der Waals surface area contributed by atoms with Gasteiger partial charge in [-0.25, -0.2) is 4.98 Å². The zero-order valence-electron chi connectivity index (χ0n) is 9.49. The van der Waals surface area contributed by atoms with Gasteiger partial charge in [0.1, 0.15) is 0 Å². The van der Waals surface area contributed by atoms with E-state index in [9.17, 15) is 5.11 Å². The molecule has 1 N–H and O–H groups in total. The molecule has 1 heterocycles. The van der Waals surface area contributed by atoms with Crippen LogP contribution in [-0.4, -0.2) is 15.8 Å². The van der Waals surface area contributed by atoms with E-state index in [1.807, 2.05) is 48.5 Å². The molecule has 0 aliphatic heterocycles. The fraction of sp³-hybridized carbons (Fsp3) is 0.214. The van der Waals surface area contributed by atoms with Gasteiger partial charge in [0.05, 0.1) is 11.1 Å². The molecule has 1 aromatic heterocycles. The minimum absolute atomic E-state index is 0.382. The van der Waals surface area contributed by atoms with E-state index < -0.39 is 0 Å². The Morgan fingerprint density at radius 1 is 1.06 bits per heavy atom. The summed E-state index contributed by atoms with van der Waals surface area (Å²) in [5, 5.41) is 11.0. The van der Waals surface area contributed by atoms with Crippen molar-refractivity contribution in [3.8, 4) is 0 Å². The van der Waals surface area contributed by atoms with Crippen LogP contribution < -0.4 is 0 Å². The fourth-order valence-corrected chi connectivity index (χ4v) is 2.41. The van der Waals surface area contributed by atoms with Crippen LogP contribution in [0.15, 0.2) is 59.8 Å². The lowest BCUT2D eigenvalue weighted by Crippen LogP contribution is -1.98. The molecule has 2 aromatic rings. The first-order chi connectivity index (χ1) is 8.36. The summed E-state index contributed by atoms with van der Waals surface area (Å²) in [5.74, 6) is 0.868. The van der Waals surface area contributed by atoms with E-state index in [4.69, 9.17) is 0 Å². The highest BCUT2D eigenvalue weighted by molar-refractivity contribution is 7.99. The number of aliphatic hydroxyl groups excluding tert-OH is 1. The summed E-state index contributed by atoms with van der Waals surface area (Å²) in [4.78, 5) is 4.23. The summed E-state index contributed by atoms with van der Waals surface area (Å²) in [5.41, 5.74) is 0.981. The molecule has 0 radical (unpaired) electrons. The van der Waals surface area contributed by atoms with Crippen molar-refractivity contribution < 1.29 is 5.11 Å². The molecule has 0 aliphatic carbocycles. The molecule has 0 saturated heterocycles. The maximum Gasteiger partial charge on any atom is 0.0959 e. The van der Waals surface area contributed by atoms with Gasteiger partial charge in [0.15, 0.2) is 0 Å². The number of pyridine rings is 1. The van der Waals surface area contributed by atoms with Gasteiger partial charge in [-0.2, -0.15) is 0 Å². The van der Waals surface area contributed by atoms with Crippen molar-refractivity contribution in [2.45, 2.75) is 17.6 Å². The summed E-state index contributed by atoms with van der Waals surface area (Å²) in [6, 6.07) is 15.6. The molecule has 0 spiro atoms. The van der Waals surface area contributed by atoms with Crippen LogP contribution in [-0.2, 0) is 0 Å². The molecule has 2 nitrogen and oxygen atoms in total. The molecule has 17 heavy (non-hydrogen) atoms. The molecule has 0 bridgehead atoms. The van der Waals surface area contributed by atoms with Crippen LogP contribution in [0.25, 0.3) is 0 Å². The molecule has 0 aliphatic rings. The highest BCUT2D eigenvalue weighted by Gasteiger charge is 2.06. The third-order valence-corrected chi connectivity index (χ3v) is 3.44. The Morgan fingerprint density at radius 3 is 2.53 bits per heavy atom. The first kappa shape index (κ1) is 12.1. The number of aromatic nitrogens is 1. The summed E-state index contributed by atoms with van der Waals surface area (Å²) in [6.07, 6.45) is 2.15. The van der Waals surface area contributed by atoms with Crippen molar-refractivity contribution >= 4 is 11.8 Å². The van der Waals surface area contributed by atoms with Crippen LogP contribution in [0.3, 0.4) is 0 Å². The van der Waals surface area contributed by atoms with Gasteiger partial charge in [0.25, 0.3) is 0 Å². The third kappa shape index (κ3) is 3.88.